The van der Waals surface area contributed by atoms with Crippen LogP contribution in [0.5, 0.6) is 0 Å². The number of rotatable bonds is 7. The largest absolute Gasteiger partial charge is 0.479 e. The van der Waals surface area contributed by atoms with Gasteiger partial charge in [0.15, 0.2) is 5.82 Å². The topological polar surface area (TPSA) is 176 Å². The summed E-state index contributed by atoms with van der Waals surface area (Å²) < 4.78 is 32.2. The highest BCUT2D eigenvalue weighted by Gasteiger charge is 2.47. The van der Waals surface area contributed by atoms with Crippen LogP contribution in [0.4, 0.5) is 4.79 Å². The van der Waals surface area contributed by atoms with E-state index in [4.69, 9.17) is 4.74 Å². The van der Waals surface area contributed by atoms with E-state index >= 15 is 0 Å². The molecular formula is C15H20N6O6S. The van der Waals surface area contributed by atoms with Crippen LogP contribution in [-0.4, -0.2) is 58.4 Å². The summed E-state index contributed by atoms with van der Waals surface area (Å²) in [6, 6.07) is 7.33. The number of aromatic nitrogens is 4. The zero-order valence-corrected chi connectivity index (χ0v) is 16.1. The van der Waals surface area contributed by atoms with Crippen molar-refractivity contribution in [3.05, 3.63) is 36.2 Å². The second-order valence-corrected chi connectivity index (χ2v) is 8.49. The van der Waals surface area contributed by atoms with Gasteiger partial charge in [-0.1, -0.05) is 18.2 Å². The molecule has 1 amide bonds. The molecule has 12 nitrogen and oxygen atoms in total. The van der Waals surface area contributed by atoms with Gasteiger partial charge >= 0.3 is 12.1 Å². The Bertz CT molecular complexity index is 926. The summed E-state index contributed by atoms with van der Waals surface area (Å²) in [6.07, 6.45) is -1.09. The second kappa shape index (κ2) is 7.90. The number of sulfonamides is 1. The summed E-state index contributed by atoms with van der Waals surface area (Å²) >= 11 is 0. The van der Waals surface area contributed by atoms with Crippen molar-refractivity contribution in [2.75, 3.05) is 6.54 Å². The fourth-order valence-electron chi connectivity index (χ4n) is 2.12. The number of nitrogens with zero attached hydrogens (tertiary/aromatic N) is 3. The molecule has 0 bridgehead atoms. The minimum Gasteiger partial charge on any atom is -0.479 e. The third kappa shape index (κ3) is 5.01. The number of hydrogen-bond donors (Lipinski definition) is 4. The second-order valence-electron chi connectivity index (χ2n) is 6.72. The Balaban J connectivity index is 2.36. The Hall–Kier alpha value is -3.06. The van der Waals surface area contributed by atoms with E-state index in [0.29, 0.717) is 0 Å². The Morgan fingerprint density at radius 2 is 1.86 bits per heavy atom. The fourth-order valence-corrected chi connectivity index (χ4v) is 3.21. The van der Waals surface area contributed by atoms with Crippen molar-refractivity contribution in [2.24, 2.45) is 0 Å². The normalized spacial score (nSPS) is 14.1. The number of ether oxygens (including phenoxy) is 1. The summed E-state index contributed by atoms with van der Waals surface area (Å²) in [5.74, 6) is -1.99. The molecule has 0 aliphatic carbocycles. The lowest BCUT2D eigenvalue weighted by Crippen LogP contribution is -2.59. The van der Waals surface area contributed by atoms with Gasteiger partial charge in [-0.3, -0.25) is 5.32 Å². The zero-order chi connectivity index (χ0) is 21.0. The predicted octanol–water partition coefficient (Wildman–Crippen LogP) is -0.0172. The number of aromatic amines is 1. The molecule has 2 rings (SSSR count). The van der Waals surface area contributed by atoms with E-state index in [-0.39, 0.29) is 10.7 Å². The lowest BCUT2D eigenvalue weighted by molar-refractivity contribution is -0.145. The van der Waals surface area contributed by atoms with Gasteiger partial charge in [0.05, 0.1) is 11.4 Å². The van der Waals surface area contributed by atoms with Crippen LogP contribution >= 0.6 is 0 Å². The van der Waals surface area contributed by atoms with Crippen molar-refractivity contribution >= 4 is 22.1 Å². The highest BCUT2D eigenvalue weighted by molar-refractivity contribution is 7.89. The van der Waals surface area contributed by atoms with E-state index in [1.165, 1.54) is 24.3 Å². The third-order valence-corrected chi connectivity index (χ3v) is 4.83. The average Bonchev–Trinajstić information content (AvgIpc) is 3.12. The van der Waals surface area contributed by atoms with Gasteiger partial charge in [-0.25, -0.2) is 27.8 Å². The molecule has 0 spiro atoms. The fraction of sp³-hybridized carbons (Fsp3) is 0.400. The Kier molecular flexibility index (Phi) is 5.99. The highest BCUT2D eigenvalue weighted by Crippen LogP contribution is 2.19. The minimum atomic E-state index is -4.08. The van der Waals surface area contributed by atoms with Crippen molar-refractivity contribution in [2.45, 2.75) is 36.8 Å². The van der Waals surface area contributed by atoms with Gasteiger partial charge in [0, 0.05) is 0 Å². The van der Waals surface area contributed by atoms with Crippen molar-refractivity contribution in [1.29, 1.82) is 0 Å². The third-order valence-electron chi connectivity index (χ3n) is 3.41. The SMILES string of the molecule is CC(C)(C)OC(=O)NC(CNS(=O)(=O)c1ccccc1)(C(=O)O)c1nnn[nH]1. The molecule has 13 heteroatoms. The molecule has 0 saturated carbocycles. The van der Waals surface area contributed by atoms with Crippen LogP contribution in [0.2, 0.25) is 0 Å². The minimum absolute atomic E-state index is 0.0812. The lowest BCUT2D eigenvalue weighted by atomic mass is 9.99. The lowest BCUT2D eigenvalue weighted by Gasteiger charge is -2.29. The number of H-pyrrole nitrogens is 1. The predicted molar refractivity (Wildman–Crippen MR) is 94.5 cm³/mol. The number of amides is 1. The van der Waals surface area contributed by atoms with E-state index in [0.717, 1.165) is 0 Å². The molecule has 0 aliphatic heterocycles. The molecular weight excluding hydrogens is 392 g/mol. The first-order valence-electron chi connectivity index (χ1n) is 8.00. The number of carboxylic acid groups (broad SMARTS) is 1. The molecule has 1 heterocycles. The molecule has 1 unspecified atom stereocenters. The number of aliphatic carboxylic acids is 1. The van der Waals surface area contributed by atoms with E-state index in [2.05, 4.69) is 30.7 Å². The Morgan fingerprint density at radius 1 is 1.21 bits per heavy atom. The zero-order valence-electron chi connectivity index (χ0n) is 15.3. The van der Waals surface area contributed by atoms with Crippen molar-refractivity contribution in [3.63, 3.8) is 0 Å². The van der Waals surface area contributed by atoms with Gasteiger partial charge in [0.2, 0.25) is 15.6 Å². The number of benzene rings is 1. The number of alkyl carbamates (subject to hydrolysis) is 1. The molecule has 28 heavy (non-hydrogen) atoms. The number of nitrogens with one attached hydrogen (secondary N) is 3. The molecule has 2 aromatic rings. The number of carbonyl (C=O) groups is 2. The quantitative estimate of drug-likeness (QED) is 0.487. The molecule has 152 valence electrons. The van der Waals surface area contributed by atoms with Crippen LogP contribution in [0.15, 0.2) is 35.2 Å². The molecule has 0 aliphatic rings. The summed E-state index contributed by atoms with van der Waals surface area (Å²) in [7, 11) is -4.08. The molecule has 0 fully saturated rings. The van der Waals surface area contributed by atoms with E-state index in [1.807, 2.05) is 0 Å². The van der Waals surface area contributed by atoms with Gasteiger partial charge in [0.1, 0.15) is 5.60 Å². The maximum absolute atomic E-state index is 12.5. The summed E-state index contributed by atoms with van der Waals surface area (Å²) in [5.41, 5.74) is -3.26. The molecule has 1 atom stereocenters. The Morgan fingerprint density at radius 3 is 2.36 bits per heavy atom. The monoisotopic (exact) mass is 412 g/mol. The molecule has 4 N–H and O–H groups in total. The summed E-state index contributed by atoms with van der Waals surface area (Å²) in [4.78, 5) is 24.2. The number of tetrazole rings is 1. The average molecular weight is 412 g/mol. The Labute approximate surface area is 160 Å². The number of carbonyl (C=O) groups excluding carboxylic acids is 1. The first kappa shape index (κ1) is 21.2. The summed E-state index contributed by atoms with van der Waals surface area (Å²) in [6.45, 7) is 3.98. The smallest absolute Gasteiger partial charge is 0.408 e. The van der Waals surface area contributed by atoms with E-state index in [1.54, 1.807) is 26.8 Å². The van der Waals surface area contributed by atoms with Crippen molar-refractivity contribution in [1.82, 2.24) is 30.7 Å². The number of hydrogen-bond acceptors (Lipinski definition) is 8. The molecule has 1 aromatic heterocycles. The molecule has 0 saturated heterocycles. The van der Waals surface area contributed by atoms with Crippen LogP contribution in [0.25, 0.3) is 0 Å². The van der Waals surface area contributed by atoms with E-state index < -0.39 is 39.8 Å². The van der Waals surface area contributed by atoms with Crippen molar-refractivity contribution in [3.8, 4) is 0 Å². The van der Waals surface area contributed by atoms with Crippen LogP contribution in [-0.2, 0) is 25.1 Å². The summed E-state index contributed by atoms with van der Waals surface area (Å²) in [5, 5.41) is 24.3. The van der Waals surface area contributed by atoms with Crippen LogP contribution in [0.1, 0.15) is 26.6 Å². The maximum atomic E-state index is 12.5. The van der Waals surface area contributed by atoms with Crippen molar-refractivity contribution < 1.29 is 27.9 Å². The molecule has 1 aromatic carbocycles. The van der Waals surface area contributed by atoms with Crippen LogP contribution < -0.4 is 10.0 Å². The van der Waals surface area contributed by atoms with E-state index in [9.17, 15) is 23.1 Å². The highest BCUT2D eigenvalue weighted by atomic mass is 32.2. The van der Waals surface area contributed by atoms with Gasteiger partial charge in [-0.2, -0.15) is 0 Å². The first-order chi connectivity index (χ1) is 13.0. The standard InChI is InChI=1S/C15H20N6O6S/c1-14(2,3)27-13(24)17-15(12(22)23,11-18-20-21-19-11)9-16-28(25,26)10-7-5-4-6-8-10/h4-8,16H,9H2,1-3H3,(H,17,24)(H,22,23)(H,18,19,20,21). The van der Waals surface area contributed by atoms with Gasteiger partial charge in [-0.05, 0) is 43.3 Å². The van der Waals surface area contributed by atoms with Gasteiger partial charge < -0.3 is 9.84 Å². The maximum Gasteiger partial charge on any atom is 0.408 e. The van der Waals surface area contributed by atoms with Gasteiger partial charge in [0.25, 0.3) is 0 Å². The van der Waals surface area contributed by atoms with Crippen LogP contribution in [0, 0.1) is 0 Å². The first-order valence-corrected chi connectivity index (χ1v) is 9.48. The molecule has 0 radical (unpaired) electrons. The van der Waals surface area contributed by atoms with Crippen LogP contribution in [0.3, 0.4) is 0 Å². The van der Waals surface area contributed by atoms with Gasteiger partial charge in [-0.15, -0.1) is 5.10 Å². The number of carboxylic acids is 1.